The summed E-state index contributed by atoms with van der Waals surface area (Å²) in [5.41, 5.74) is 0. The normalized spacial score (nSPS) is 10.8. The van der Waals surface area contributed by atoms with Gasteiger partial charge in [0.25, 0.3) is 0 Å². The van der Waals surface area contributed by atoms with Crippen LogP contribution in [0, 0.1) is 0 Å². The molecule has 0 fully saturated rings. The maximum absolute atomic E-state index is 12.2. The van der Waals surface area contributed by atoms with Crippen molar-refractivity contribution in [3.63, 3.8) is 0 Å². The van der Waals surface area contributed by atoms with Gasteiger partial charge in [-0.15, -0.1) is 22.7 Å². The number of hydrogen-bond donors (Lipinski definition) is 0. The number of carbonyl (C=O) groups is 1. The number of halogens is 1. The first kappa shape index (κ1) is 12.8. The summed E-state index contributed by atoms with van der Waals surface area (Å²) >= 11 is 6.45. The van der Waals surface area contributed by atoms with Gasteiger partial charge in [-0.2, -0.15) is 0 Å². The van der Waals surface area contributed by atoms with Crippen LogP contribution >= 0.6 is 38.6 Å². The highest BCUT2D eigenvalue weighted by Crippen LogP contribution is 2.25. The number of imidazole rings is 1. The minimum absolute atomic E-state index is 0.103. The van der Waals surface area contributed by atoms with Crippen molar-refractivity contribution in [2.75, 3.05) is 0 Å². The molecule has 0 aliphatic rings. The molecule has 3 aromatic rings. The van der Waals surface area contributed by atoms with Gasteiger partial charge in [0, 0.05) is 12.4 Å². The van der Waals surface area contributed by atoms with Crippen molar-refractivity contribution in [2.45, 2.75) is 6.54 Å². The predicted octanol–water partition coefficient (Wildman–Crippen LogP) is 4.32. The minimum Gasteiger partial charge on any atom is -0.322 e. The maximum atomic E-state index is 12.2. The fraction of sp³-hybridized carbons (Fsp3) is 0.0769. The molecular weight excluding hydrogens is 344 g/mol. The number of hydrogen-bond acceptors (Lipinski definition) is 4. The van der Waals surface area contributed by atoms with E-state index < -0.39 is 0 Å². The number of aromatic nitrogens is 2. The highest BCUT2D eigenvalue weighted by Gasteiger charge is 2.13. The first-order valence-electron chi connectivity index (χ1n) is 5.57. The summed E-state index contributed by atoms with van der Waals surface area (Å²) in [6, 6.07) is 7.73. The molecule has 0 saturated heterocycles. The third-order valence-electron chi connectivity index (χ3n) is 2.62. The van der Waals surface area contributed by atoms with Gasteiger partial charge in [0.2, 0.25) is 0 Å². The van der Waals surface area contributed by atoms with Crippen LogP contribution in [0.25, 0.3) is 10.7 Å². The highest BCUT2D eigenvalue weighted by atomic mass is 79.9. The molecule has 0 saturated carbocycles. The van der Waals surface area contributed by atoms with Crippen molar-refractivity contribution in [2.24, 2.45) is 0 Å². The van der Waals surface area contributed by atoms with E-state index in [-0.39, 0.29) is 5.78 Å². The summed E-state index contributed by atoms with van der Waals surface area (Å²) in [6.07, 6.45) is 3.57. The molecule has 3 nitrogen and oxygen atoms in total. The molecule has 0 radical (unpaired) electrons. The Labute approximate surface area is 126 Å². The van der Waals surface area contributed by atoms with Gasteiger partial charge in [-0.25, -0.2) is 4.98 Å². The largest absolute Gasteiger partial charge is 0.322 e. The highest BCUT2D eigenvalue weighted by molar-refractivity contribution is 9.11. The average molecular weight is 353 g/mol. The van der Waals surface area contributed by atoms with Crippen LogP contribution < -0.4 is 0 Å². The third kappa shape index (κ3) is 2.70. The van der Waals surface area contributed by atoms with Crippen LogP contribution in [0.2, 0.25) is 0 Å². The lowest BCUT2D eigenvalue weighted by atomic mass is 10.3. The first-order chi connectivity index (χ1) is 9.24. The molecule has 0 unspecified atom stereocenters. The van der Waals surface area contributed by atoms with Crippen LogP contribution in [0.1, 0.15) is 9.67 Å². The number of nitrogens with zero attached hydrogens (tertiary/aromatic N) is 2. The summed E-state index contributed by atoms with van der Waals surface area (Å²) in [5, 5.41) is 2.01. The number of carbonyl (C=O) groups excluding carboxylic acids is 1. The molecule has 3 aromatic heterocycles. The molecule has 0 aliphatic heterocycles. The Morgan fingerprint density at radius 3 is 2.95 bits per heavy atom. The Morgan fingerprint density at radius 2 is 2.26 bits per heavy atom. The molecule has 0 atom stereocenters. The van der Waals surface area contributed by atoms with E-state index in [0.717, 1.165) is 19.4 Å². The molecule has 3 heterocycles. The zero-order valence-corrected chi connectivity index (χ0v) is 13.0. The van der Waals surface area contributed by atoms with E-state index >= 15 is 0 Å². The lowest BCUT2D eigenvalue weighted by Gasteiger charge is -2.04. The van der Waals surface area contributed by atoms with Crippen LogP contribution in [-0.4, -0.2) is 15.3 Å². The second-order valence-electron chi connectivity index (χ2n) is 3.88. The van der Waals surface area contributed by atoms with Crippen LogP contribution in [-0.2, 0) is 6.54 Å². The fourth-order valence-corrected chi connectivity index (χ4v) is 3.82. The molecule has 0 N–H and O–H groups in total. The molecule has 3 rings (SSSR count). The Bertz CT molecular complexity index is 700. The molecule has 0 amide bonds. The van der Waals surface area contributed by atoms with Crippen LogP contribution in [0.3, 0.4) is 0 Å². The number of rotatable bonds is 4. The summed E-state index contributed by atoms with van der Waals surface area (Å²) in [5.74, 6) is 0.950. The summed E-state index contributed by atoms with van der Waals surface area (Å²) < 4.78 is 2.86. The SMILES string of the molecule is O=C(Cn1ccnc1-c1cccs1)c1ccc(Br)s1. The lowest BCUT2D eigenvalue weighted by molar-refractivity contribution is 0.0976. The van der Waals surface area contributed by atoms with Crippen molar-refractivity contribution >= 4 is 44.4 Å². The summed E-state index contributed by atoms with van der Waals surface area (Å²) in [7, 11) is 0. The van der Waals surface area contributed by atoms with Gasteiger partial charge in [-0.3, -0.25) is 4.79 Å². The van der Waals surface area contributed by atoms with Crippen molar-refractivity contribution < 1.29 is 4.79 Å². The molecule has 96 valence electrons. The third-order valence-corrected chi connectivity index (χ3v) is 5.15. The molecule has 0 aromatic carbocycles. The smallest absolute Gasteiger partial charge is 0.192 e. The second kappa shape index (κ2) is 5.40. The molecule has 0 spiro atoms. The van der Waals surface area contributed by atoms with Crippen molar-refractivity contribution in [3.05, 3.63) is 50.7 Å². The van der Waals surface area contributed by atoms with Gasteiger partial charge in [0.1, 0.15) is 5.82 Å². The standard InChI is InChI=1S/C13H9BrN2OS2/c14-12-4-3-10(19-12)9(17)8-16-6-5-15-13(16)11-2-1-7-18-11/h1-7H,8H2. The summed E-state index contributed by atoms with van der Waals surface area (Å²) in [6.45, 7) is 0.320. The number of thiophene rings is 2. The van der Waals surface area contributed by atoms with Gasteiger partial charge in [-0.05, 0) is 39.5 Å². The van der Waals surface area contributed by atoms with E-state index in [2.05, 4.69) is 20.9 Å². The van der Waals surface area contributed by atoms with Crippen LogP contribution in [0.5, 0.6) is 0 Å². The molecule has 6 heteroatoms. The quantitative estimate of drug-likeness (QED) is 0.655. The van der Waals surface area contributed by atoms with Gasteiger partial charge in [0.15, 0.2) is 5.78 Å². The maximum Gasteiger partial charge on any atom is 0.192 e. The molecular formula is C13H9BrN2OS2. The fourth-order valence-electron chi connectivity index (χ4n) is 1.76. The van der Waals surface area contributed by atoms with E-state index in [9.17, 15) is 4.79 Å². The van der Waals surface area contributed by atoms with Crippen LogP contribution in [0.15, 0.2) is 45.8 Å². The Morgan fingerprint density at radius 1 is 1.37 bits per heavy atom. The molecule has 0 bridgehead atoms. The van der Waals surface area contributed by atoms with E-state index in [1.54, 1.807) is 17.5 Å². The topological polar surface area (TPSA) is 34.9 Å². The first-order valence-corrected chi connectivity index (χ1v) is 8.06. The zero-order valence-electron chi connectivity index (χ0n) is 9.75. The van der Waals surface area contributed by atoms with Crippen LogP contribution in [0.4, 0.5) is 0 Å². The van der Waals surface area contributed by atoms with E-state index in [1.165, 1.54) is 11.3 Å². The van der Waals surface area contributed by atoms with Gasteiger partial charge in [-0.1, -0.05) is 6.07 Å². The Hall–Kier alpha value is -1.24. The van der Waals surface area contributed by atoms with Crippen molar-refractivity contribution in [1.82, 2.24) is 9.55 Å². The van der Waals surface area contributed by atoms with Gasteiger partial charge >= 0.3 is 0 Å². The summed E-state index contributed by atoms with van der Waals surface area (Å²) in [4.78, 5) is 18.4. The number of Topliss-reactive ketones (excluding diaryl/α,β-unsaturated/α-hetero) is 1. The minimum atomic E-state index is 0.103. The van der Waals surface area contributed by atoms with E-state index in [1.807, 2.05) is 40.4 Å². The Balaban J connectivity index is 1.85. The molecule has 19 heavy (non-hydrogen) atoms. The molecule has 0 aliphatic carbocycles. The van der Waals surface area contributed by atoms with Crippen molar-refractivity contribution in [1.29, 1.82) is 0 Å². The van der Waals surface area contributed by atoms with Gasteiger partial charge in [0.05, 0.1) is 20.1 Å². The van der Waals surface area contributed by atoms with E-state index in [4.69, 9.17) is 0 Å². The zero-order chi connectivity index (χ0) is 13.2. The van der Waals surface area contributed by atoms with E-state index in [0.29, 0.717) is 6.54 Å². The predicted molar refractivity (Wildman–Crippen MR) is 81.9 cm³/mol. The Kier molecular flexibility index (Phi) is 3.63. The number of ketones is 1. The second-order valence-corrected chi connectivity index (χ2v) is 7.29. The monoisotopic (exact) mass is 352 g/mol. The van der Waals surface area contributed by atoms with Gasteiger partial charge < -0.3 is 4.57 Å². The average Bonchev–Trinajstić information content (AvgIpc) is 3.07. The lowest BCUT2D eigenvalue weighted by Crippen LogP contribution is -2.09. The van der Waals surface area contributed by atoms with Crippen molar-refractivity contribution in [3.8, 4) is 10.7 Å².